The number of alkyl halides is 1. The first-order valence-electron chi connectivity index (χ1n) is 5.98. The Bertz CT molecular complexity index is 644. The van der Waals surface area contributed by atoms with E-state index in [1.54, 1.807) is 18.2 Å². The molecule has 5 heteroatoms. The van der Waals surface area contributed by atoms with Crippen molar-refractivity contribution in [3.63, 3.8) is 0 Å². The molecule has 1 amide bonds. The van der Waals surface area contributed by atoms with E-state index in [4.69, 9.17) is 23.2 Å². The van der Waals surface area contributed by atoms with Crippen LogP contribution in [0.15, 0.2) is 42.5 Å². The molecule has 1 unspecified atom stereocenters. The lowest BCUT2D eigenvalue weighted by atomic mass is 10.1. The van der Waals surface area contributed by atoms with Gasteiger partial charge in [-0.3, -0.25) is 4.79 Å². The molecule has 0 saturated heterocycles. The summed E-state index contributed by atoms with van der Waals surface area (Å²) in [5, 5.41) is 3.71. The second-order valence-electron chi connectivity index (χ2n) is 4.28. The number of rotatable bonds is 3. The van der Waals surface area contributed by atoms with E-state index in [2.05, 4.69) is 21.2 Å². The van der Waals surface area contributed by atoms with E-state index in [0.717, 1.165) is 11.3 Å². The van der Waals surface area contributed by atoms with Gasteiger partial charge in [0.05, 0.1) is 10.6 Å². The van der Waals surface area contributed by atoms with Crippen LogP contribution >= 0.6 is 39.1 Å². The molecule has 0 saturated carbocycles. The van der Waals surface area contributed by atoms with Gasteiger partial charge in [-0.1, -0.05) is 57.3 Å². The molecule has 20 heavy (non-hydrogen) atoms. The SMILES string of the molecule is CC(Br)c1ccccc1NC(=O)c1cc(Cl)ccc1Cl. The lowest BCUT2D eigenvalue weighted by Gasteiger charge is -2.13. The lowest BCUT2D eigenvalue weighted by Crippen LogP contribution is -2.14. The van der Waals surface area contributed by atoms with Crippen LogP contribution in [0.2, 0.25) is 10.0 Å². The van der Waals surface area contributed by atoms with Crippen molar-refractivity contribution in [1.29, 1.82) is 0 Å². The predicted octanol–water partition coefficient (Wildman–Crippen LogP) is 5.70. The Balaban J connectivity index is 2.31. The van der Waals surface area contributed by atoms with Crippen molar-refractivity contribution in [3.05, 3.63) is 63.6 Å². The molecular weight excluding hydrogens is 361 g/mol. The zero-order valence-electron chi connectivity index (χ0n) is 10.7. The van der Waals surface area contributed by atoms with Gasteiger partial charge in [-0.2, -0.15) is 0 Å². The average Bonchev–Trinajstić information content (AvgIpc) is 2.41. The van der Waals surface area contributed by atoms with Gasteiger partial charge < -0.3 is 5.32 Å². The number of hydrogen-bond donors (Lipinski definition) is 1. The molecule has 2 nitrogen and oxygen atoms in total. The van der Waals surface area contributed by atoms with Gasteiger partial charge in [0.25, 0.3) is 5.91 Å². The Morgan fingerprint density at radius 2 is 1.90 bits per heavy atom. The van der Waals surface area contributed by atoms with Crippen LogP contribution in [0.25, 0.3) is 0 Å². The maximum atomic E-state index is 12.3. The summed E-state index contributed by atoms with van der Waals surface area (Å²) in [4.78, 5) is 12.4. The van der Waals surface area contributed by atoms with Gasteiger partial charge in [-0.15, -0.1) is 0 Å². The van der Waals surface area contributed by atoms with E-state index >= 15 is 0 Å². The van der Waals surface area contributed by atoms with Gasteiger partial charge in [0.2, 0.25) is 0 Å². The van der Waals surface area contributed by atoms with E-state index < -0.39 is 0 Å². The first kappa shape index (κ1) is 15.4. The normalized spacial score (nSPS) is 12.0. The van der Waals surface area contributed by atoms with Crippen LogP contribution in [-0.4, -0.2) is 5.91 Å². The predicted molar refractivity (Wildman–Crippen MR) is 88.2 cm³/mol. The summed E-state index contributed by atoms with van der Waals surface area (Å²) in [6.45, 7) is 2.00. The Morgan fingerprint density at radius 3 is 2.60 bits per heavy atom. The number of para-hydroxylation sites is 1. The Labute approximate surface area is 136 Å². The summed E-state index contributed by atoms with van der Waals surface area (Å²) in [7, 11) is 0. The molecule has 0 spiro atoms. The minimum absolute atomic E-state index is 0.133. The van der Waals surface area contributed by atoms with Gasteiger partial charge >= 0.3 is 0 Å². The van der Waals surface area contributed by atoms with Gasteiger partial charge in [0, 0.05) is 15.5 Å². The van der Waals surface area contributed by atoms with Crippen LogP contribution in [-0.2, 0) is 0 Å². The van der Waals surface area contributed by atoms with E-state index in [9.17, 15) is 4.79 Å². The van der Waals surface area contributed by atoms with Crippen molar-refractivity contribution in [2.24, 2.45) is 0 Å². The highest BCUT2D eigenvalue weighted by Crippen LogP contribution is 2.29. The number of carbonyl (C=O) groups excluding carboxylic acids is 1. The van der Waals surface area contributed by atoms with E-state index in [0.29, 0.717) is 15.6 Å². The lowest BCUT2D eigenvalue weighted by molar-refractivity contribution is 0.102. The summed E-state index contributed by atoms with van der Waals surface area (Å²) < 4.78 is 0. The van der Waals surface area contributed by atoms with Crippen molar-refractivity contribution in [2.45, 2.75) is 11.8 Å². The third kappa shape index (κ3) is 3.54. The number of amides is 1. The first-order chi connectivity index (χ1) is 9.49. The number of nitrogens with one attached hydrogen (secondary N) is 1. The minimum Gasteiger partial charge on any atom is -0.322 e. The molecule has 0 aliphatic rings. The standard InChI is InChI=1S/C15H12BrCl2NO/c1-9(16)11-4-2-3-5-14(11)19-15(20)12-8-10(17)6-7-13(12)18/h2-9H,1H3,(H,19,20). The average molecular weight is 373 g/mol. The molecule has 0 radical (unpaired) electrons. The number of hydrogen-bond acceptors (Lipinski definition) is 1. The molecule has 0 aliphatic heterocycles. The highest BCUT2D eigenvalue weighted by molar-refractivity contribution is 9.09. The summed E-state index contributed by atoms with van der Waals surface area (Å²) in [5.74, 6) is -0.280. The second-order valence-corrected chi connectivity index (χ2v) is 6.50. The Kier molecular flexibility index (Phi) is 5.08. The van der Waals surface area contributed by atoms with Crippen LogP contribution in [0.3, 0.4) is 0 Å². The van der Waals surface area contributed by atoms with E-state index in [1.807, 2.05) is 31.2 Å². The number of carbonyl (C=O) groups is 1. The van der Waals surface area contributed by atoms with Crippen molar-refractivity contribution < 1.29 is 4.79 Å². The Morgan fingerprint density at radius 1 is 1.20 bits per heavy atom. The van der Waals surface area contributed by atoms with Crippen LogP contribution < -0.4 is 5.32 Å². The zero-order valence-corrected chi connectivity index (χ0v) is 13.8. The highest BCUT2D eigenvalue weighted by Gasteiger charge is 2.14. The highest BCUT2D eigenvalue weighted by atomic mass is 79.9. The van der Waals surface area contributed by atoms with Crippen molar-refractivity contribution >= 4 is 50.7 Å². The summed E-state index contributed by atoms with van der Waals surface area (Å²) in [6, 6.07) is 12.4. The molecule has 2 aromatic carbocycles. The van der Waals surface area contributed by atoms with Crippen molar-refractivity contribution in [2.75, 3.05) is 5.32 Å². The quantitative estimate of drug-likeness (QED) is 0.687. The maximum Gasteiger partial charge on any atom is 0.257 e. The topological polar surface area (TPSA) is 29.1 Å². The fraction of sp³-hybridized carbons (Fsp3) is 0.133. The third-order valence-electron chi connectivity index (χ3n) is 2.81. The number of benzene rings is 2. The molecule has 1 N–H and O–H groups in total. The van der Waals surface area contributed by atoms with Crippen LogP contribution in [0.4, 0.5) is 5.69 Å². The molecule has 0 bridgehead atoms. The number of halogens is 3. The molecule has 2 rings (SSSR count). The maximum absolute atomic E-state index is 12.3. The first-order valence-corrected chi connectivity index (χ1v) is 7.65. The molecule has 0 fully saturated rings. The fourth-order valence-corrected chi connectivity index (χ4v) is 2.59. The molecule has 0 aromatic heterocycles. The minimum atomic E-state index is -0.280. The molecule has 2 aromatic rings. The fourth-order valence-electron chi connectivity index (χ4n) is 1.82. The zero-order chi connectivity index (χ0) is 14.7. The molecule has 0 aliphatic carbocycles. The van der Waals surface area contributed by atoms with Gasteiger partial charge in [0.15, 0.2) is 0 Å². The Hall–Kier alpha value is -1.03. The number of anilines is 1. The van der Waals surface area contributed by atoms with Gasteiger partial charge in [-0.05, 0) is 36.8 Å². The molecular formula is C15H12BrCl2NO. The van der Waals surface area contributed by atoms with Crippen molar-refractivity contribution in [3.8, 4) is 0 Å². The summed E-state index contributed by atoms with van der Waals surface area (Å²) >= 11 is 15.4. The largest absolute Gasteiger partial charge is 0.322 e. The third-order valence-corrected chi connectivity index (χ3v) is 3.87. The second kappa shape index (κ2) is 6.61. The van der Waals surface area contributed by atoms with Crippen molar-refractivity contribution in [1.82, 2.24) is 0 Å². The molecule has 1 atom stereocenters. The van der Waals surface area contributed by atoms with Crippen LogP contribution in [0.1, 0.15) is 27.7 Å². The van der Waals surface area contributed by atoms with Gasteiger partial charge in [-0.25, -0.2) is 0 Å². The summed E-state index contributed by atoms with van der Waals surface area (Å²) in [5.41, 5.74) is 2.10. The smallest absolute Gasteiger partial charge is 0.257 e. The molecule has 0 heterocycles. The summed E-state index contributed by atoms with van der Waals surface area (Å²) in [6.07, 6.45) is 0. The van der Waals surface area contributed by atoms with Crippen LogP contribution in [0.5, 0.6) is 0 Å². The van der Waals surface area contributed by atoms with Crippen LogP contribution in [0, 0.1) is 0 Å². The van der Waals surface area contributed by atoms with Gasteiger partial charge in [0.1, 0.15) is 0 Å². The molecule has 104 valence electrons. The monoisotopic (exact) mass is 371 g/mol. The van der Waals surface area contributed by atoms with E-state index in [-0.39, 0.29) is 10.7 Å². The van der Waals surface area contributed by atoms with E-state index in [1.165, 1.54) is 0 Å².